The molecule has 3 aromatic carbocycles. The van der Waals surface area contributed by atoms with Crippen LogP contribution in [-0.2, 0) is 0 Å². The van der Waals surface area contributed by atoms with Gasteiger partial charge in [0, 0.05) is 11.9 Å². The molecule has 0 radical (unpaired) electrons. The summed E-state index contributed by atoms with van der Waals surface area (Å²) in [5.41, 5.74) is 3.19. The smallest absolute Gasteiger partial charge is 0.145 e. The Morgan fingerprint density at radius 2 is 1.76 bits per heavy atom. The first-order valence-corrected chi connectivity index (χ1v) is 9.21. The van der Waals surface area contributed by atoms with E-state index in [0.29, 0.717) is 23.6 Å². The van der Waals surface area contributed by atoms with Crippen molar-refractivity contribution in [1.82, 2.24) is 9.97 Å². The highest BCUT2D eigenvalue weighted by Gasteiger charge is 2.14. The van der Waals surface area contributed by atoms with Crippen LogP contribution in [0.2, 0.25) is 0 Å². The van der Waals surface area contributed by atoms with Crippen molar-refractivity contribution < 1.29 is 14.2 Å². The fourth-order valence-corrected chi connectivity index (χ4v) is 3.23. The number of fused-ring (bicyclic) bond motifs is 1. The van der Waals surface area contributed by atoms with Crippen molar-refractivity contribution in [2.45, 2.75) is 6.10 Å². The van der Waals surface area contributed by atoms with Gasteiger partial charge in [-0.2, -0.15) is 0 Å². The lowest BCUT2D eigenvalue weighted by Gasteiger charge is -2.15. The highest BCUT2D eigenvalue weighted by molar-refractivity contribution is 5.96. The van der Waals surface area contributed by atoms with E-state index in [9.17, 15) is 9.50 Å². The molecule has 6 heteroatoms. The second kappa shape index (κ2) is 8.24. The predicted molar refractivity (Wildman–Crippen MR) is 111 cm³/mol. The maximum absolute atomic E-state index is 13.3. The maximum atomic E-state index is 13.3. The van der Waals surface area contributed by atoms with E-state index in [1.54, 1.807) is 19.2 Å². The zero-order valence-corrected chi connectivity index (χ0v) is 15.8. The Kier molecular flexibility index (Phi) is 5.35. The van der Waals surface area contributed by atoms with Crippen molar-refractivity contribution in [2.75, 3.05) is 19.0 Å². The molecule has 0 amide bonds. The maximum Gasteiger partial charge on any atom is 0.145 e. The Bertz CT molecular complexity index is 1120. The number of aromatic nitrogens is 2. The SMILES string of the molecule is COc1cc(-c2ccc(F)cc2)cc2c(NC[C@@H](O)c3ccccc3)ncnc12. The molecule has 1 aromatic heterocycles. The molecule has 2 N–H and O–H groups in total. The van der Waals surface area contributed by atoms with Gasteiger partial charge in [0.25, 0.3) is 0 Å². The van der Waals surface area contributed by atoms with Crippen LogP contribution in [0.5, 0.6) is 5.75 Å². The van der Waals surface area contributed by atoms with Gasteiger partial charge < -0.3 is 15.2 Å². The van der Waals surface area contributed by atoms with Crippen molar-refractivity contribution in [2.24, 2.45) is 0 Å². The van der Waals surface area contributed by atoms with Gasteiger partial charge in [0.05, 0.1) is 13.2 Å². The number of benzene rings is 3. The van der Waals surface area contributed by atoms with Gasteiger partial charge in [-0.25, -0.2) is 14.4 Å². The van der Waals surface area contributed by atoms with Crippen LogP contribution in [0.25, 0.3) is 22.0 Å². The number of nitrogens with zero attached hydrogens (tertiary/aromatic N) is 2. The van der Waals surface area contributed by atoms with E-state index < -0.39 is 6.10 Å². The van der Waals surface area contributed by atoms with Crippen LogP contribution in [-0.4, -0.2) is 28.7 Å². The molecule has 0 spiro atoms. The largest absolute Gasteiger partial charge is 0.494 e. The lowest BCUT2D eigenvalue weighted by atomic mass is 10.0. The van der Waals surface area contributed by atoms with Crippen LogP contribution in [0, 0.1) is 5.82 Å². The summed E-state index contributed by atoms with van der Waals surface area (Å²) in [5, 5.41) is 14.4. The molecule has 146 valence electrons. The molecule has 0 fully saturated rings. The van der Waals surface area contributed by atoms with E-state index in [0.717, 1.165) is 22.1 Å². The summed E-state index contributed by atoms with van der Waals surface area (Å²) in [6.07, 6.45) is 0.781. The molecule has 0 saturated carbocycles. The average Bonchev–Trinajstić information content (AvgIpc) is 2.77. The van der Waals surface area contributed by atoms with Crippen LogP contribution >= 0.6 is 0 Å². The number of ether oxygens (including phenoxy) is 1. The minimum Gasteiger partial charge on any atom is -0.494 e. The first-order valence-electron chi connectivity index (χ1n) is 9.21. The first kappa shape index (κ1) is 18.8. The summed E-state index contributed by atoms with van der Waals surface area (Å²) in [5.74, 6) is 0.894. The monoisotopic (exact) mass is 389 g/mol. The lowest BCUT2D eigenvalue weighted by Crippen LogP contribution is -2.13. The van der Waals surface area contributed by atoms with Gasteiger partial charge in [-0.1, -0.05) is 42.5 Å². The zero-order chi connectivity index (χ0) is 20.2. The Balaban J connectivity index is 1.70. The Labute approximate surface area is 167 Å². The van der Waals surface area contributed by atoms with E-state index in [1.807, 2.05) is 42.5 Å². The standard InChI is InChI=1S/C23H20FN3O2/c1-29-21-12-17(15-7-9-18(24)10-8-15)11-19-22(21)26-14-27-23(19)25-13-20(28)16-5-3-2-4-6-16/h2-12,14,20,28H,13H2,1H3,(H,25,26,27)/t20-/m1/s1. The number of hydrogen-bond donors (Lipinski definition) is 2. The Morgan fingerprint density at radius 3 is 2.48 bits per heavy atom. The summed E-state index contributed by atoms with van der Waals surface area (Å²) < 4.78 is 18.8. The van der Waals surface area contributed by atoms with E-state index in [4.69, 9.17) is 4.74 Å². The number of aliphatic hydroxyl groups is 1. The van der Waals surface area contributed by atoms with Gasteiger partial charge in [-0.05, 0) is 41.0 Å². The first-order chi connectivity index (χ1) is 14.2. The van der Waals surface area contributed by atoms with Gasteiger partial charge >= 0.3 is 0 Å². The highest BCUT2D eigenvalue weighted by atomic mass is 19.1. The number of anilines is 1. The quantitative estimate of drug-likeness (QED) is 0.505. The average molecular weight is 389 g/mol. The number of aliphatic hydroxyl groups excluding tert-OH is 1. The number of rotatable bonds is 6. The molecule has 0 unspecified atom stereocenters. The van der Waals surface area contributed by atoms with Crippen molar-refractivity contribution in [1.29, 1.82) is 0 Å². The fraction of sp³-hybridized carbons (Fsp3) is 0.130. The topological polar surface area (TPSA) is 67.3 Å². The molecule has 0 aliphatic heterocycles. The van der Waals surface area contributed by atoms with E-state index in [-0.39, 0.29) is 5.82 Å². The van der Waals surface area contributed by atoms with Crippen LogP contribution < -0.4 is 10.1 Å². The minimum absolute atomic E-state index is 0.290. The van der Waals surface area contributed by atoms with Gasteiger partial charge in [0.2, 0.25) is 0 Å². The van der Waals surface area contributed by atoms with Gasteiger partial charge in [-0.15, -0.1) is 0 Å². The summed E-state index contributed by atoms with van der Waals surface area (Å²) >= 11 is 0. The van der Waals surface area contributed by atoms with Crippen LogP contribution in [0.1, 0.15) is 11.7 Å². The normalized spacial score (nSPS) is 12.0. The van der Waals surface area contributed by atoms with Crippen molar-refractivity contribution in [3.8, 4) is 16.9 Å². The highest BCUT2D eigenvalue weighted by Crippen LogP contribution is 2.34. The summed E-state index contributed by atoms with van der Waals surface area (Å²) in [6.45, 7) is 0.291. The van der Waals surface area contributed by atoms with E-state index in [2.05, 4.69) is 15.3 Å². The third-order valence-electron chi connectivity index (χ3n) is 4.75. The molecule has 1 heterocycles. The van der Waals surface area contributed by atoms with Crippen molar-refractivity contribution >= 4 is 16.7 Å². The molecular formula is C23H20FN3O2. The summed E-state index contributed by atoms with van der Waals surface area (Å²) in [7, 11) is 1.58. The molecule has 5 nitrogen and oxygen atoms in total. The van der Waals surface area contributed by atoms with Gasteiger partial charge in [-0.3, -0.25) is 0 Å². The molecule has 0 saturated heterocycles. The summed E-state index contributed by atoms with van der Waals surface area (Å²) in [4.78, 5) is 8.70. The number of hydrogen-bond acceptors (Lipinski definition) is 5. The Hall–Kier alpha value is -3.51. The zero-order valence-electron chi connectivity index (χ0n) is 15.8. The van der Waals surface area contributed by atoms with Gasteiger partial charge in [0.1, 0.15) is 29.2 Å². The van der Waals surface area contributed by atoms with Crippen LogP contribution in [0.4, 0.5) is 10.2 Å². The molecule has 0 aliphatic carbocycles. The third-order valence-corrected chi connectivity index (χ3v) is 4.75. The fourth-order valence-electron chi connectivity index (χ4n) is 3.23. The molecule has 0 bridgehead atoms. The third kappa shape index (κ3) is 4.02. The van der Waals surface area contributed by atoms with Gasteiger partial charge in [0.15, 0.2) is 0 Å². The molecule has 4 aromatic rings. The molecular weight excluding hydrogens is 369 g/mol. The lowest BCUT2D eigenvalue weighted by molar-refractivity contribution is 0.191. The van der Waals surface area contributed by atoms with Crippen molar-refractivity contribution in [3.05, 3.63) is 84.4 Å². The van der Waals surface area contributed by atoms with Crippen LogP contribution in [0.15, 0.2) is 73.1 Å². The molecule has 4 rings (SSSR count). The Morgan fingerprint density at radius 1 is 1.00 bits per heavy atom. The van der Waals surface area contributed by atoms with Crippen LogP contribution in [0.3, 0.4) is 0 Å². The van der Waals surface area contributed by atoms with E-state index in [1.165, 1.54) is 18.5 Å². The summed E-state index contributed by atoms with van der Waals surface area (Å²) in [6, 6.07) is 19.5. The van der Waals surface area contributed by atoms with E-state index >= 15 is 0 Å². The molecule has 29 heavy (non-hydrogen) atoms. The second-order valence-electron chi connectivity index (χ2n) is 6.61. The molecule has 0 aliphatic rings. The molecule has 1 atom stereocenters. The number of halogens is 1. The number of methoxy groups -OCH3 is 1. The second-order valence-corrected chi connectivity index (χ2v) is 6.61. The predicted octanol–water partition coefficient (Wildman–Crippen LogP) is 4.59. The number of nitrogens with one attached hydrogen (secondary N) is 1. The van der Waals surface area contributed by atoms with Crippen molar-refractivity contribution in [3.63, 3.8) is 0 Å². The minimum atomic E-state index is -0.677.